The Labute approximate surface area is 113 Å². The van der Waals surface area contributed by atoms with Gasteiger partial charge in [-0.3, -0.25) is 0 Å². The van der Waals surface area contributed by atoms with Crippen LogP contribution >= 0.6 is 0 Å². The lowest BCUT2D eigenvalue weighted by Crippen LogP contribution is -2.02. The molecule has 2 aromatic rings. The maximum Gasteiger partial charge on any atom is 0.0662 e. The van der Waals surface area contributed by atoms with Gasteiger partial charge in [-0.05, 0) is 57.4 Å². The van der Waals surface area contributed by atoms with E-state index in [1.165, 1.54) is 0 Å². The molecule has 0 saturated heterocycles. The van der Waals surface area contributed by atoms with E-state index < -0.39 is 0 Å². The van der Waals surface area contributed by atoms with E-state index in [2.05, 4.69) is 32.5 Å². The molecule has 4 nitrogen and oxygen atoms in total. The van der Waals surface area contributed by atoms with E-state index in [9.17, 15) is 0 Å². The second-order valence-corrected chi connectivity index (χ2v) is 5.41. The highest BCUT2D eigenvalue weighted by Crippen LogP contribution is 2.42. The fraction of sp³-hybridized carbons (Fsp3) is 0.467. The van der Waals surface area contributed by atoms with Crippen LogP contribution in [-0.4, -0.2) is 20.4 Å². The highest BCUT2D eigenvalue weighted by atomic mass is 15.1. The number of aromatic nitrogens is 4. The topological polar surface area (TPSA) is 51.6 Å². The predicted molar refractivity (Wildman–Crippen MR) is 72.9 cm³/mol. The molecule has 0 unspecified atom stereocenters. The molecule has 2 atom stereocenters. The van der Waals surface area contributed by atoms with Gasteiger partial charge < -0.3 is 0 Å². The quantitative estimate of drug-likeness (QED) is 0.826. The molecule has 2 aromatic heterocycles. The molecule has 0 spiro atoms. The zero-order chi connectivity index (χ0) is 13.2. The second-order valence-electron chi connectivity index (χ2n) is 5.41. The molecular formula is C15H18N4. The van der Waals surface area contributed by atoms with E-state index in [4.69, 9.17) is 0 Å². The van der Waals surface area contributed by atoms with Gasteiger partial charge in [0.15, 0.2) is 0 Å². The van der Waals surface area contributed by atoms with E-state index in [0.29, 0.717) is 11.8 Å². The summed E-state index contributed by atoms with van der Waals surface area (Å²) in [6, 6.07) is 8.30. The Kier molecular flexibility index (Phi) is 3.23. The largest absolute Gasteiger partial charge is 0.156 e. The van der Waals surface area contributed by atoms with Crippen molar-refractivity contribution < 1.29 is 0 Å². The van der Waals surface area contributed by atoms with E-state index in [1.807, 2.05) is 26.0 Å². The third-order valence-corrected chi connectivity index (χ3v) is 3.91. The van der Waals surface area contributed by atoms with Crippen LogP contribution in [0.3, 0.4) is 0 Å². The fourth-order valence-electron chi connectivity index (χ4n) is 2.77. The van der Waals surface area contributed by atoms with Crippen molar-refractivity contribution in [3.8, 4) is 0 Å². The Bertz CT molecular complexity index is 496. The first-order chi connectivity index (χ1) is 9.22. The normalized spacial score (nSPS) is 22.6. The van der Waals surface area contributed by atoms with Gasteiger partial charge in [0.05, 0.1) is 22.8 Å². The number of aryl methyl sites for hydroxylation is 2. The lowest BCUT2D eigenvalue weighted by Gasteiger charge is -2.10. The average molecular weight is 254 g/mol. The number of rotatable bonds is 2. The summed E-state index contributed by atoms with van der Waals surface area (Å²) in [5.41, 5.74) is 4.19. The Morgan fingerprint density at radius 2 is 1.21 bits per heavy atom. The Morgan fingerprint density at radius 1 is 0.737 bits per heavy atom. The van der Waals surface area contributed by atoms with Crippen LogP contribution in [0.2, 0.25) is 0 Å². The minimum absolute atomic E-state index is 0.515. The van der Waals surface area contributed by atoms with Crippen LogP contribution in [0.1, 0.15) is 53.9 Å². The van der Waals surface area contributed by atoms with Crippen LogP contribution in [-0.2, 0) is 0 Å². The van der Waals surface area contributed by atoms with Crippen LogP contribution < -0.4 is 0 Å². The molecule has 3 rings (SSSR count). The summed E-state index contributed by atoms with van der Waals surface area (Å²) in [7, 11) is 0. The van der Waals surface area contributed by atoms with Crippen LogP contribution in [0.5, 0.6) is 0 Å². The van der Waals surface area contributed by atoms with E-state index in [1.54, 1.807) is 0 Å². The van der Waals surface area contributed by atoms with Gasteiger partial charge in [-0.1, -0.05) is 0 Å². The first-order valence-corrected chi connectivity index (χ1v) is 6.83. The van der Waals surface area contributed by atoms with Gasteiger partial charge in [0.2, 0.25) is 0 Å². The third-order valence-electron chi connectivity index (χ3n) is 3.91. The summed E-state index contributed by atoms with van der Waals surface area (Å²) < 4.78 is 0. The summed E-state index contributed by atoms with van der Waals surface area (Å²) >= 11 is 0. The van der Waals surface area contributed by atoms with Crippen molar-refractivity contribution in [2.24, 2.45) is 0 Å². The molecule has 0 radical (unpaired) electrons. The monoisotopic (exact) mass is 254 g/mol. The molecule has 4 heteroatoms. The Hall–Kier alpha value is -1.84. The van der Waals surface area contributed by atoms with Gasteiger partial charge in [0, 0.05) is 11.8 Å². The van der Waals surface area contributed by atoms with E-state index in [-0.39, 0.29) is 0 Å². The second kappa shape index (κ2) is 5.03. The number of hydrogen-bond donors (Lipinski definition) is 0. The van der Waals surface area contributed by atoms with Crippen molar-refractivity contribution in [2.75, 3.05) is 0 Å². The lowest BCUT2D eigenvalue weighted by molar-refractivity contribution is 0.639. The van der Waals surface area contributed by atoms with Crippen molar-refractivity contribution in [2.45, 2.75) is 44.9 Å². The Balaban J connectivity index is 1.73. The molecular weight excluding hydrogens is 236 g/mol. The lowest BCUT2D eigenvalue weighted by atomic mass is 9.99. The van der Waals surface area contributed by atoms with Crippen LogP contribution in [0.25, 0.3) is 0 Å². The molecule has 98 valence electrons. The van der Waals surface area contributed by atoms with Crippen LogP contribution in [0, 0.1) is 13.8 Å². The van der Waals surface area contributed by atoms with E-state index in [0.717, 1.165) is 42.0 Å². The molecule has 0 aromatic carbocycles. The van der Waals surface area contributed by atoms with Crippen molar-refractivity contribution in [1.82, 2.24) is 20.4 Å². The van der Waals surface area contributed by atoms with Gasteiger partial charge in [0.1, 0.15) is 0 Å². The maximum absolute atomic E-state index is 4.32. The maximum atomic E-state index is 4.32. The van der Waals surface area contributed by atoms with Crippen LogP contribution in [0.15, 0.2) is 24.3 Å². The highest BCUT2D eigenvalue weighted by Gasteiger charge is 2.29. The van der Waals surface area contributed by atoms with E-state index >= 15 is 0 Å². The van der Waals surface area contributed by atoms with Gasteiger partial charge in [-0.15, -0.1) is 0 Å². The third kappa shape index (κ3) is 2.62. The van der Waals surface area contributed by atoms with Crippen LogP contribution in [0.4, 0.5) is 0 Å². The predicted octanol–water partition coefficient (Wildman–Crippen LogP) is 2.93. The highest BCUT2D eigenvalue weighted by molar-refractivity contribution is 5.17. The zero-order valence-corrected chi connectivity index (χ0v) is 11.4. The molecule has 1 aliphatic carbocycles. The molecule has 1 aliphatic rings. The van der Waals surface area contributed by atoms with Crippen molar-refractivity contribution in [3.05, 3.63) is 47.0 Å². The molecule has 0 N–H and O–H groups in total. The molecule has 0 amide bonds. The minimum Gasteiger partial charge on any atom is -0.156 e. The summed E-state index contributed by atoms with van der Waals surface area (Å²) in [5, 5.41) is 16.9. The number of hydrogen-bond acceptors (Lipinski definition) is 4. The molecule has 1 saturated carbocycles. The first kappa shape index (κ1) is 12.2. The Morgan fingerprint density at radius 3 is 1.58 bits per heavy atom. The average Bonchev–Trinajstić information content (AvgIpc) is 2.90. The van der Waals surface area contributed by atoms with Gasteiger partial charge in [0.25, 0.3) is 0 Å². The summed E-state index contributed by atoms with van der Waals surface area (Å²) in [6.07, 6.45) is 3.44. The molecule has 1 fully saturated rings. The molecule has 2 heterocycles. The smallest absolute Gasteiger partial charge is 0.0662 e. The van der Waals surface area contributed by atoms with Crippen molar-refractivity contribution in [1.29, 1.82) is 0 Å². The summed E-state index contributed by atoms with van der Waals surface area (Å²) in [5.74, 6) is 1.03. The summed E-state index contributed by atoms with van der Waals surface area (Å²) in [6.45, 7) is 3.94. The van der Waals surface area contributed by atoms with Gasteiger partial charge >= 0.3 is 0 Å². The zero-order valence-electron chi connectivity index (χ0n) is 11.4. The number of nitrogens with zero attached hydrogens (tertiary/aromatic N) is 4. The first-order valence-electron chi connectivity index (χ1n) is 6.83. The summed E-state index contributed by atoms with van der Waals surface area (Å²) in [4.78, 5) is 0. The SMILES string of the molecule is Cc1ccc([C@@H]2CC[C@H](c3ccc(C)nn3)C2)nn1. The standard InChI is InChI=1S/C15H18N4/c1-10-3-7-14(18-16-10)12-5-6-13(9-12)15-8-4-11(2)17-19-15/h3-4,7-8,12-13H,5-6,9H2,1-2H3/t12-,13+. The molecule has 0 bridgehead atoms. The van der Waals surface area contributed by atoms with Crippen molar-refractivity contribution in [3.63, 3.8) is 0 Å². The van der Waals surface area contributed by atoms with Gasteiger partial charge in [-0.25, -0.2) is 0 Å². The van der Waals surface area contributed by atoms with Gasteiger partial charge in [-0.2, -0.15) is 20.4 Å². The molecule has 19 heavy (non-hydrogen) atoms. The van der Waals surface area contributed by atoms with Crippen molar-refractivity contribution >= 4 is 0 Å². The minimum atomic E-state index is 0.515. The molecule has 0 aliphatic heterocycles. The fourth-order valence-corrected chi connectivity index (χ4v) is 2.77.